The van der Waals surface area contributed by atoms with Gasteiger partial charge >= 0.3 is 0 Å². The number of rotatable bonds is 6. The van der Waals surface area contributed by atoms with Gasteiger partial charge < -0.3 is 4.90 Å². The quantitative estimate of drug-likeness (QED) is 0.731. The second kappa shape index (κ2) is 8.56. The molecule has 2 aromatic rings. The third-order valence-electron chi connectivity index (χ3n) is 5.68. The van der Waals surface area contributed by atoms with Crippen LogP contribution in [0.4, 0.5) is 11.4 Å². The maximum Gasteiger partial charge on any atom is 0.261 e. The fourth-order valence-electron chi connectivity index (χ4n) is 4.04. The smallest absolute Gasteiger partial charge is 0.261 e. The molecular weight excluding hydrogens is 422 g/mol. The van der Waals surface area contributed by atoms with E-state index in [1.165, 1.54) is 35.0 Å². The van der Waals surface area contributed by atoms with Gasteiger partial charge in [0.15, 0.2) is 0 Å². The highest BCUT2D eigenvalue weighted by atomic mass is 32.2. The Morgan fingerprint density at radius 1 is 0.667 bits per heavy atom. The second-order valence-corrected chi connectivity index (χ2v) is 11.4. The Hall–Kier alpha value is -2.10. The summed E-state index contributed by atoms with van der Waals surface area (Å²) < 4.78 is 55.4. The maximum absolute atomic E-state index is 13.0. The van der Waals surface area contributed by atoms with Crippen LogP contribution in [0.15, 0.2) is 58.3 Å². The lowest BCUT2D eigenvalue weighted by Gasteiger charge is -2.30. The molecule has 2 aromatic carbocycles. The molecular formula is C21H27N3O4S2. The molecule has 0 unspecified atom stereocenters. The minimum Gasteiger partial charge on any atom is -0.370 e. The van der Waals surface area contributed by atoms with E-state index in [1.807, 2.05) is 12.1 Å². The van der Waals surface area contributed by atoms with Crippen molar-refractivity contribution in [3.05, 3.63) is 48.5 Å². The van der Waals surface area contributed by atoms with E-state index in [2.05, 4.69) is 9.62 Å². The van der Waals surface area contributed by atoms with Crippen molar-refractivity contribution in [2.45, 2.75) is 41.9 Å². The second-order valence-electron chi connectivity index (χ2n) is 7.75. The fourth-order valence-corrected chi connectivity index (χ4v) is 6.63. The molecule has 0 atom stereocenters. The van der Waals surface area contributed by atoms with Crippen molar-refractivity contribution < 1.29 is 16.8 Å². The van der Waals surface area contributed by atoms with Crippen LogP contribution in [-0.2, 0) is 20.0 Å². The molecule has 0 aliphatic carbocycles. The number of hydrogen-bond donors (Lipinski definition) is 1. The van der Waals surface area contributed by atoms with E-state index < -0.39 is 20.0 Å². The normalized spacial score (nSPS) is 18.5. The number of nitrogens with zero attached hydrogens (tertiary/aromatic N) is 2. The molecule has 7 nitrogen and oxygen atoms in total. The number of sulfonamides is 2. The lowest BCUT2D eigenvalue weighted by Crippen LogP contribution is -2.30. The standard InChI is InChI=1S/C21H27N3O4S2/c25-29(26,22-20-8-2-3-9-21(20)23-14-4-1-5-15-23)18-10-12-19(13-11-18)30(27,28)24-16-6-7-17-24/h2-3,8-13,22H,1,4-7,14-17H2. The van der Waals surface area contributed by atoms with Gasteiger partial charge in [0.2, 0.25) is 10.0 Å². The molecule has 4 rings (SSSR count). The molecule has 0 amide bonds. The van der Waals surface area contributed by atoms with Gasteiger partial charge in [0.25, 0.3) is 10.0 Å². The van der Waals surface area contributed by atoms with E-state index in [1.54, 1.807) is 12.1 Å². The van der Waals surface area contributed by atoms with Crippen molar-refractivity contribution in [1.29, 1.82) is 0 Å². The number of para-hydroxylation sites is 2. The number of anilines is 2. The Morgan fingerprint density at radius 3 is 1.90 bits per heavy atom. The molecule has 2 aliphatic heterocycles. The summed E-state index contributed by atoms with van der Waals surface area (Å²) in [5.41, 5.74) is 1.40. The third kappa shape index (κ3) is 4.33. The van der Waals surface area contributed by atoms with E-state index >= 15 is 0 Å². The van der Waals surface area contributed by atoms with Crippen LogP contribution < -0.4 is 9.62 Å². The number of benzene rings is 2. The molecule has 0 bridgehead atoms. The minimum atomic E-state index is -3.84. The Morgan fingerprint density at radius 2 is 1.23 bits per heavy atom. The molecule has 2 heterocycles. The van der Waals surface area contributed by atoms with Gasteiger partial charge in [-0.05, 0) is 68.5 Å². The van der Waals surface area contributed by atoms with Gasteiger partial charge in [-0.25, -0.2) is 16.8 Å². The highest BCUT2D eigenvalue weighted by molar-refractivity contribution is 7.92. The van der Waals surface area contributed by atoms with Crippen LogP contribution >= 0.6 is 0 Å². The van der Waals surface area contributed by atoms with Gasteiger partial charge in [0, 0.05) is 26.2 Å². The SMILES string of the molecule is O=S(=O)(Nc1ccccc1N1CCCCC1)c1ccc(S(=O)(=O)N2CCCC2)cc1. The first-order valence-electron chi connectivity index (χ1n) is 10.3. The maximum atomic E-state index is 13.0. The Labute approximate surface area is 178 Å². The highest BCUT2D eigenvalue weighted by Crippen LogP contribution is 2.30. The summed E-state index contributed by atoms with van der Waals surface area (Å²) in [6.07, 6.45) is 5.08. The van der Waals surface area contributed by atoms with Gasteiger partial charge in [0.05, 0.1) is 21.2 Å². The Kier molecular flexibility index (Phi) is 6.04. The van der Waals surface area contributed by atoms with Crippen LogP contribution in [0.1, 0.15) is 32.1 Å². The van der Waals surface area contributed by atoms with E-state index in [-0.39, 0.29) is 9.79 Å². The molecule has 1 N–H and O–H groups in total. The molecule has 0 spiro atoms. The van der Waals surface area contributed by atoms with Crippen molar-refractivity contribution in [2.75, 3.05) is 35.8 Å². The number of piperidine rings is 1. The average molecular weight is 450 g/mol. The predicted molar refractivity (Wildman–Crippen MR) is 118 cm³/mol. The van der Waals surface area contributed by atoms with Crippen molar-refractivity contribution in [3.8, 4) is 0 Å². The van der Waals surface area contributed by atoms with Gasteiger partial charge in [-0.2, -0.15) is 4.31 Å². The fraction of sp³-hybridized carbons (Fsp3) is 0.429. The lowest BCUT2D eigenvalue weighted by atomic mass is 10.1. The molecule has 2 saturated heterocycles. The molecule has 2 fully saturated rings. The van der Waals surface area contributed by atoms with Crippen LogP contribution in [0.25, 0.3) is 0 Å². The molecule has 162 valence electrons. The zero-order valence-electron chi connectivity index (χ0n) is 16.8. The summed E-state index contributed by atoms with van der Waals surface area (Å²) in [6, 6.07) is 12.8. The average Bonchev–Trinajstić information content (AvgIpc) is 3.31. The van der Waals surface area contributed by atoms with Gasteiger partial charge in [-0.15, -0.1) is 0 Å². The lowest BCUT2D eigenvalue weighted by molar-refractivity contribution is 0.477. The topological polar surface area (TPSA) is 86.8 Å². The summed E-state index contributed by atoms with van der Waals surface area (Å²) >= 11 is 0. The van der Waals surface area contributed by atoms with E-state index in [4.69, 9.17) is 0 Å². The summed E-state index contributed by atoms with van der Waals surface area (Å²) in [6.45, 7) is 2.83. The van der Waals surface area contributed by atoms with E-state index in [9.17, 15) is 16.8 Å². The first-order chi connectivity index (χ1) is 14.4. The van der Waals surface area contributed by atoms with Gasteiger partial charge in [-0.1, -0.05) is 12.1 Å². The number of nitrogens with one attached hydrogen (secondary N) is 1. The van der Waals surface area contributed by atoms with Crippen molar-refractivity contribution in [3.63, 3.8) is 0 Å². The Balaban J connectivity index is 1.56. The van der Waals surface area contributed by atoms with Crippen molar-refractivity contribution in [2.24, 2.45) is 0 Å². The minimum absolute atomic E-state index is 0.0383. The molecule has 2 aliphatic rings. The zero-order chi connectivity index (χ0) is 21.2. The van der Waals surface area contributed by atoms with E-state index in [0.717, 1.165) is 44.5 Å². The molecule has 0 saturated carbocycles. The van der Waals surface area contributed by atoms with Crippen LogP contribution in [0, 0.1) is 0 Å². The van der Waals surface area contributed by atoms with Crippen molar-refractivity contribution >= 4 is 31.4 Å². The largest absolute Gasteiger partial charge is 0.370 e. The molecule has 9 heteroatoms. The van der Waals surface area contributed by atoms with Crippen molar-refractivity contribution in [1.82, 2.24) is 4.31 Å². The van der Waals surface area contributed by atoms with Crippen LogP contribution in [0.3, 0.4) is 0 Å². The van der Waals surface area contributed by atoms with Crippen LogP contribution in [0.2, 0.25) is 0 Å². The molecule has 0 aromatic heterocycles. The highest BCUT2D eigenvalue weighted by Gasteiger charge is 2.27. The summed E-state index contributed by atoms with van der Waals surface area (Å²) in [4.78, 5) is 2.36. The van der Waals surface area contributed by atoms with Crippen LogP contribution in [0.5, 0.6) is 0 Å². The van der Waals surface area contributed by atoms with E-state index in [0.29, 0.717) is 18.8 Å². The van der Waals surface area contributed by atoms with Crippen LogP contribution in [-0.4, -0.2) is 47.3 Å². The molecule has 30 heavy (non-hydrogen) atoms. The van der Waals surface area contributed by atoms with Gasteiger partial charge in [0.1, 0.15) is 0 Å². The molecule has 0 radical (unpaired) electrons. The first-order valence-corrected chi connectivity index (χ1v) is 13.3. The number of hydrogen-bond acceptors (Lipinski definition) is 5. The zero-order valence-corrected chi connectivity index (χ0v) is 18.5. The monoisotopic (exact) mass is 449 g/mol. The summed E-state index contributed by atoms with van der Waals surface area (Å²) in [5, 5.41) is 0. The first kappa shape index (κ1) is 21.1. The third-order valence-corrected chi connectivity index (χ3v) is 8.98. The summed E-state index contributed by atoms with van der Waals surface area (Å²) in [5.74, 6) is 0. The van der Waals surface area contributed by atoms with Gasteiger partial charge in [-0.3, -0.25) is 4.72 Å². The predicted octanol–water partition coefficient (Wildman–Crippen LogP) is 3.26. The summed E-state index contributed by atoms with van der Waals surface area (Å²) in [7, 11) is -7.41. The Bertz CT molecular complexity index is 1090.